The molecule has 1 N–H and O–H groups in total. The third kappa shape index (κ3) is 6.36. The zero-order valence-corrected chi connectivity index (χ0v) is 14.2. The lowest BCUT2D eigenvalue weighted by atomic mass is 10.1. The summed E-state index contributed by atoms with van der Waals surface area (Å²) >= 11 is 5.84. The summed E-state index contributed by atoms with van der Waals surface area (Å²) in [5.41, 5.74) is -0.930. The minimum Gasteiger partial charge on any atom is -0.478 e. The van der Waals surface area contributed by atoms with Gasteiger partial charge in [0.1, 0.15) is 5.75 Å². The van der Waals surface area contributed by atoms with E-state index in [1.54, 1.807) is 38.1 Å². The van der Waals surface area contributed by atoms with Gasteiger partial charge in [0.05, 0.1) is 0 Å². The highest BCUT2D eigenvalue weighted by Gasteiger charge is 2.30. The van der Waals surface area contributed by atoms with Crippen LogP contribution in [0.4, 0.5) is 0 Å². The van der Waals surface area contributed by atoms with Crippen LogP contribution in [0.3, 0.4) is 0 Å². The van der Waals surface area contributed by atoms with E-state index in [0.717, 1.165) is 13.0 Å². The molecule has 1 atom stereocenters. The van der Waals surface area contributed by atoms with E-state index in [-0.39, 0.29) is 11.9 Å². The fourth-order valence-electron chi connectivity index (χ4n) is 1.77. The van der Waals surface area contributed by atoms with Gasteiger partial charge in [-0.25, -0.2) is 0 Å². The number of halogens is 1. The highest BCUT2D eigenvalue weighted by molar-refractivity contribution is 6.30. The van der Waals surface area contributed by atoms with Gasteiger partial charge in [0.15, 0.2) is 5.60 Å². The van der Waals surface area contributed by atoms with Crippen molar-refractivity contribution in [2.45, 2.75) is 38.8 Å². The first kappa shape index (κ1) is 17.8. The second-order valence-electron chi connectivity index (χ2n) is 6.03. The van der Waals surface area contributed by atoms with Crippen molar-refractivity contribution in [3.63, 3.8) is 0 Å². The van der Waals surface area contributed by atoms with Crippen LogP contribution in [0.15, 0.2) is 24.3 Å². The average Bonchev–Trinajstić information content (AvgIpc) is 2.39. The quantitative estimate of drug-likeness (QED) is 0.841. The molecule has 4 nitrogen and oxygen atoms in total. The standard InChI is InChI=1S/C16H25ClN2O2/c1-12(10-11-19(4)5)18-15(20)16(2,3)21-14-8-6-13(17)7-9-14/h6-9,12H,10-11H2,1-5H3,(H,18,20). The van der Waals surface area contributed by atoms with Gasteiger partial charge in [0.25, 0.3) is 5.91 Å². The van der Waals surface area contributed by atoms with E-state index in [2.05, 4.69) is 10.2 Å². The van der Waals surface area contributed by atoms with E-state index in [4.69, 9.17) is 16.3 Å². The van der Waals surface area contributed by atoms with Crippen LogP contribution < -0.4 is 10.1 Å². The van der Waals surface area contributed by atoms with Crippen molar-refractivity contribution >= 4 is 17.5 Å². The second kappa shape index (κ2) is 7.66. The molecule has 0 aliphatic heterocycles. The number of benzene rings is 1. The van der Waals surface area contributed by atoms with E-state index in [1.165, 1.54) is 0 Å². The lowest BCUT2D eigenvalue weighted by Gasteiger charge is -2.27. The highest BCUT2D eigenvalue weighted by atomic mass is 35.5. The van der Waals surface area contributed by atoms with Crippen molar-refractivity contribution < 1.29 is 9.53 Å². The molecule has 0 fully saturated rings. The van der Waals surface area contributed by atoms with Crippen LogP contribution in [0, 0.1) is 0 Å². The first-order valence-electron chi connectivity index (χ1n) is 7.11. The third-order valence-corrected chi connectivity index (χ3v) is 3.37. The van der Waals surface area contributed by atoms with Gasteiger partial charge in [-0.05, 0) is 72.1 Å². The van der Waals surface area contributed by atoms with Crippen molar-refractivity contribution in [3.05, 3.63) is 29.3 Å². The Bertz CT molecular complexity index is 458. The molecule has 0 aliphatic rings. The van der Waals surface area contributed by atoms with Crippen LogP contribution in [0.1, 0.15) is 27.2 Å². The Balaban J connectivity index is 2.56. The van der Waals surface area contributed by atoms with E-state index < -0.39 is 5.60 Å². The van der Waals surface area contributed by atoms with Crippen molar-refractivity contribution in [1.82, 2.24) is 10.2 Å². The number of carbonyl (C=O) groups is 1. The first-order chi connectivity index (χ1) is 9.70. The molecule has 5 heteroatoms. The van der Waals surface area contributed by atoms with E-state index >= 15 is 0 Å². The van der Waals surface area contributed by atoms with Gasteiger partial charge in [-0.3, -0.25) is 4.79 Å². The van der Waals surface area contributed by atoms with Gasteiger partial charge >= 0.3 is 0 Å². The first-order valence-corrected chi connectivity index (χ1v) is 7.49. The Labute approximate surface area is 132 Å². The smallest absolute Gasteiger partial charge is 0.263 e. The summed E-state index contributed by atoms with van der Waals surface area (Å²) in [4.78, 5) is 14.4. The lowest BCUT2D eigenvalue weighted by molar-refractivity contribution is -0.134. The Morgan fingerprint density at radius 3 is 2.43 bits per heavy atom. The Morgan fingerprint density at radius 2 is 1.90 bits per heavy atom. The van der Waals surface area contributed by atoms with Gasteiger partial charge in [0.2, 0.25) is 0 Å². The van der Waals surface area contributed by atoms with Gasteiger partial charge in [-0.1, -0.05) is 11.6 Å². The summed E-state index contributed by atoms with van der Waals surface area (Å²) in [5, 5.41) is 3.63. The third-order valence-electron chi connectivity index (χ3n) is 3.12. The van der Waals surface area contributed by atoms with Gasteiger partial charge < -0.3 is 15.0 Å². The molecule has 0 saturated carbocycles. The zero-order chi connectivity index (χ0) is 16.0. The lowest BCUT2D eigenvalue weighted by Crippen LogP contribution is -2.49. The molecular formula is C16H25ClN2O2. The monoisotopic (exact) mass is 312 g/mol. The summed E-state index contributed by atoms with van der Waals surface area (Å²) in [6.45, 7) is 6.45. The molecule has 0 aromatic heterocycles. The molecule has 0 radical (unpaired) electrons. The number of nitrogens with zero attached hydrogens (tertiary/aromatic N) is 1. The topological polar surface area (TPSA) is 41.6 Å². The van der Waals surface area contributed by atoms with Crippen LogP contribution in [0.25, 0.3) is 0 Å². The molecule has 0 heterocycles. The van der Waals surface area contributed by atoms with Crippen molar-refractivity contribution in [1.29, 1.82) is 0 Å². The molecule has 0 bridgehead atoms. The number of rotatable bonds is 7. The van der Waals surface area contributed by atoms with Crippen LogP contribution in [0.2, 0.25) is 5.02 Å². The second-order valence-corrected chi connectivity index (χ2v) is 6.47. The van der Waals surface area contributed by atoms with Crippen molar-refractivity contribution in [3.8, 4) is 5.75 Å². The van der Waals surface area contributed by atoms with E-state index in [0.29, 0.717) is 10.8 Å². The predicted octanol–water partition coefficient (Wildman–Crippen LogP) is 2.95. The van der Waals surface area contributed by atoms with Gasteiger partial charge in [-0.2, -0.15) is 0 Å². The SMILES string of the molecule is CC(CCN(C)C)NC(=O)C(C)(C)Oc1ccc(Cl)cc1. The van der Waals surface area contributed by atoms with Crippen LogP contribution in [-0.4, -0.2) is 43.1 Å². The average molecular weight is 313 g/mol. The molecule has 0 saturated heterocycles. The van der Waals surface area contributed by atoms with Gasteiger partial charge in [-0.15, -0.1) is 0 Å². The molecular weight excluding hydrogens is 288 g/mol. The van der Waals surface area contributed by atoms with Crippen LogP contribution in [0.5, 0.6) is 5.75 Å². The number of hydrogen-bond acceptors (Lipinski definition) is 3. The minimum absolute atomic E-state index is 0.105. The molecule has 1 unspecified atom stereocenters. The number of amides is 1. The van der Waals surface area contributed by atoms with E-state index in [9.17, 15) is 4.79 Å². The van der Waals surface area contributed by atoms with Crippen LogP contribution >= 0.6 is 11.6 Å². The maximum absolute atomic E-state index is 12.3. The fourth-order valence-corrected chi connectivity index (χ4v) is 1.89. The van der Waals surface area contributed by atoms with Crippen molar-refractivity contribution in [2.24, 2.45) is 0 Å². The molecule has 0 aliphatic carbocycles. The number of nitrogens with one attached hydrogen (secondary N) is 1. The molecule has 21 heavy (non-hydrogen) atoms. The van der Waals surface area contributed by atoms with E-state index in [1.807, 2.05) is 21.0 Å². The van der Waals surface area contributed by atoms with Crippen molar-refractivity contribution in [2.75, 3.05) is 20.6 Å². The molecule has 1 amide bonds. The van der Waals surface area contributed by atoms with Gasteiger partial charge in [0, 0.05) is 11.1 Å². The molecule has 118 valence electrons. The Hall–Kier alpha value is -1.26. The maximum Gasteiger partial charge on any atom is 0.263 e. The maximum atomic E-state index is 12.3. The minimum atomic E-state index is -0.930. The highest BCUT2D eigenvalue weighted by Crippen LogP contribution is 2.21. The molecule has 1 aromatic carbocycles. The number of carbonyl (C=O) groups excluding carboxylic acids is 1. The summed E-state index contributed by atoms with van der Waals surface area (Å²) in [5.74, 6) is 0.504. The molecule has 1 rings (SSSR count). The summed E-state index contributed by atoms with van der Waals surface area (Å²) in [6.07, 6.45) is 0.899. The fraction of sp³-hybridized carbons (Fsp3) is 0.562. The predicted molar refractivity (Wildman–Crippen MR) is 86.9 cm³/mol. The molecule has 1 aromatic rings. The Morgan fingerprint density at radius 1 is 1.33 bits per heavy atom. The summed E-state index contributed by atoms with van der Waals surface area (Å²) < 4.78 is 5.76. The number of hydrogen-bond donors (Lipinski definition) is 1. The molecule has 0 spiro atoms. The van der Waals surface area contributed by atoms with Crippen LogP contribution in [-0.2, 0) is 4.79 Å². The normalized spacial score (nSPS) is 13.1. The Kier molecular flexibility index (Phi) is 6.49. The zero-order valence-electron chi connectivity index (χ0n) is 13.4. The summed E-state index contributed by atoms with van der Waals surface area (Å²) in [7, 11) is 4.03. The largest absolute Gasteiger partial charge is 0.478 e. The number of ether oxygens (including phenoxy) is 1. The summed E-state index contributed by atoms with van der Waals surface area (Å²) in [6, 6.07) is 7.10.